The van der Waals surface area contributed by atoms with Crippen molar-refractivity contribution in [3.63, 3.8) is 0 Å². The topological polar surface area (TPSA) is 111 Å². The third kappa shape index (κ3) is 4.80. The Labute approximate surface area is 200 Å². The molecule has 10 heteroatoms. The predicted octanol–water partition coefficient (Wildman–Crippen LogP) is 4.17. The van der Waals surface area contributed by atoms with E-state index in [0.29, 0.717) is 17.4 Å². The molecule has 5 rings (SSSR count). The Morgan fingerprint density at radius 1 is 1.14 bits per heavy atom. The first kappa shape index (κ1) is 23.1. The summed E-state index contributed by atoms with van der Waals surface area (Å²) in [5.41, 5.74) is 8.60. The van der Waals surface area contributed by atoms with Gasteiger partial charge in [0.1, 0.15) is 24.0 Å². The van der Waals surface area contributed by atoms with Gasteiger partial charge in [0.2, 0.25) is 5.95 Å². The lowest BCUT2D eigenvalue weighted by Gasteiger charge is -2.28. The maximum absolute atomic E-state index is 14.8. The first-order chi connectivity index (χ1) is 17.0. The number of aromatic nitrogens is 4. The van der Waals surface area contributed by atoms with Crippen LogP contribution < -0.4 is 15.8 Å². The Morgan fingerprint density at radius 2 is 1.97 bits per heavy atom. The van der Waals surface area contributed by atoms with E-state index in [1.165, 1.54) is 10.6 Å². The molecular weight excluding hydrogens is 454 g/mol. The quantitative estimate of drug-likeness (QED) is 0.364. The highest BCUT2D eigenvalue weighted by Gasteiger charge is 2.24. The van der Waals surface area contributed by atoms with Crippen molar-refractivity contribution in [2.24, 2.45) is 5.73 Å². The number of nitrogens with two attached hydrogens (primary N) is 1. The molecule has 35 heavy (non-hydrogen) atoms. The first-order valence-electron chi connectivity index (χ1n) is 11.6. The Hall–Kier alpha value is -3.63. The lowest BCUT2D eigenvalue weighted by Crippen LogP contribution is -2.27. The van der Waals surface area contributed by atoms with Gasteiger partial charge < -0.3 is 20.9 Å². The molecule has 2 unspecified atom stereocenters. The van der Waals surface area contributed by atoms with Crippen LogP contribution in [0.5, 0.6) is 5.75 Å². The van der Waals surface area contributed by atoms with Crippen LogP contribution in [0.15, 0.2) is 48.9 Å². The molecule has 0 amide bonds. The molecule has 0 radical (unpaired) electrons. The summed E-state index contributed by atoms with van der Waals surface area (Å²) in [7, 11) is 0. The highest BCUT2D eigenvalue weighted by atomic mass is 19.1. The van der Waals surface area contributed by atoms with Crippen LogP contribution in [0.1, 0.15) is 37.2 Å². The molecule has 1 saturated carbocycles. The van der Waals surface area contributed by atoms with E-state index in [1.807, 2.05) is 6.07 Å². The molecule has 0 saturated heterocycles. The van der Waals surface area contributed by atoms with Crippen LogP contribution in [0.25, 0.3) is 16.8 Å². The summed E-state index contributed by atoms with van der Waals surface area (Å²) < 4.78 is 36.2. The molecule has 1 aliphatic rings. The minimum absolute atomic E-state index is 0.00426. The van der Waals surface area contributed by atoms with E-state index in [9.17, 15) is 8.78 Å². The van der Waals surface area contributed by atoms with Crippen molar-refractivity contribution in [1.82, 2.24) is 19.6 Å². The van der Waals surface area contributed by atoms with Gasteiger partial charge in [0, 0.05) is 24.4 Å². The van der Waals surface area contributed by atoms with Crippen LogP contribution in [0, 0.1) is 11.6 Å². The lowest BCUT2D eigenvalue weighted by molar-refractivity contribution is 0.200. The maximum atomic E-state index is 14.8. The fourth-order valence-electron chi connectivity index (χ4n) is 4.64. The number of halogens is 2. The summed E-state index contributed by atoms with van der Waals surface area (Å²) in [5, 5.41) is 16.6. The van der Waals surface area contributed by atoms with Crippen molar-refractivity contribution in [1.29, 1.82) is 0 Å². The van der Waals surface area contributed by atoms with Crippen molar-refractivity contribution in [3.05, 3.63) is 66.1 Å². The largest absolute Gasteiger partial charge is 0.491 e. The van der Waals surface area contributed by atoms with Crippen LogP contribution in [0.3, 0.4) is 0 Å². The maximum Gasteiger partial charge on any atom is 0.229 e. The normalized spacial score (nSPS) is 18.1. The number of fused-ring (bicyclic) bond motifs is 1. The van der Waals surface area contributed by atoms with E-state index in [0.717, 1.165) is 49.1 Å². The van der Waals surface area contributed by atoms with E-state index >= 15 is 0 Å². The number of aliphatic hydroxyl groups excluding tert-OH is 1. The number of rotatable bonds is 7. The lowest BCUT2D eigenvalue weighted by atomic mass is 9.81. The zero-order valence-corrected chi connectivity index (χ0v) is 19.0. The van der Waals surface area contributed by atoms with Gasteiger partial charge >= 0.3 is 0 Å². The SMILES string of the molecule is NC1CCCC(c2ccncc2Nc2ncc3ccc(-c4c(F)cc(OCCO)cc4F)nn23)C1. The van der Waals surface area contributed by atoms with Crippen LogP contribution in [-0.4, -0.2) is 43.9 Å². The fraction of sp³-hybridized carbons (Fsp3) is 0.320. The summed E-state index contributed by atoms with van der Waals surface area (Å²) in [6.45, 7) is -0.318. The molecule has 4 aromatic rings. The Kier molecular flexibility index (Phi) is 6.56. The van der Waals surface area contributed by atoms with Crippen molar-refractivity contribution in [2.45, 2.75) is 37.6 Å². The van der Waals surface area contributed by atoms with Gasteiger partial charge in [-0.25, -0.2) is 13.8 Å². The number of imidazole rings is 1. The molecule has 2 atom stereocenters. The second-order valence-corrected chi connectivity index (χ2v) is 8.68. The third-order valence-electron chi connectivity index (χ3n) is 6.27. The van der Waals surface area contributed by atoms with Crippen molar-refractivity contribution >= 4 is 17.2 Å². The van der Waals surface area contributed by atoms with E-state index in [-0.39, 0.29) is 36.3 Å². The van der Waals surface area contributed by atoms with Gasteiger partial charge in [-0.15, -0.1) is 0 Å². The minimum atomic E-state index is -0.817. The smallest absolute Gasteiger partial charge is 0.229 e. The Balaban J connectivity index is 1.48. The average molecular weight is 481 g/mol. The number of pyridine rings is 1. The summed E-state index contributed by atoms with van der Waals surface area (Å²) >= 11 is 0. The van der Waals surface area contributed by atoms with Crippen LogP contribution in [-0.2, 0) is 0 Å². The van der Waals surface area contributed by atoms with Crippen LogP contribution in [0.2, 0.25) is 0 Å². The molecule has 1 aliphatic carbocycles. The Bertz CT molecular complexity index is 1320. The molecule has 1 fully saturated rings. The van der Waals surface area contributed by atoms with Crippen molar-refractivity contribution in [3.8, 4) is 17.0 Å². The number of anilines is 2. The summed E-state index contributed by atoms with van der Waals surface area (Å²) in [6.07, 6.45) is 9.19. The zero-order valence-electron chi connectivity index (χ0n) is 19.0. The number of benzene rings is 1. The number of nitrogens with one attached hydrogen (secondary N) is 1. The first-order valence-corrected chi connectivity index (χ1v) is 11.6. The van der Waals surface area contributed by atoms with Crippen LogP contribution >= 0.6 is 0 Å². The summed E-state index contributed by atoms with van der Waals surface area (Å²) in [6, 6.07) is 7.55. The molecule has 0 bridgehead atoms. The van der Waals surface area contributed by atoms with E-state index in [2.05, 4.69) is 20.4 Å². The number of nitrogens with zero attached hydrogens (tertiary/aromatic N) is 4. The molecule has 3 aromatic heterocycles. The van der Waals surface area contributed by atoms with E-state index in [1.54, 1.807) is 24.7 Å². The summed E-state index contributed by atoms with van der Waals surface area (Å²) in [4.78, 5) is 8.68. The standard InChI is InChI=1S/C25H26F2N6O2/c26-20-11-18(35-9-8-34)12-21(27)24(20)22-5-4-17-13-30-25(33(17)32-22)31-23-14-29-7-6-19(23)15-2-1-3-16(28)10-15/h4-7,11-16,34H,1-3,8-10,28H2,(H,30,31). The van der Waals surface area contributed by atoms with Crippen molar-refractivity contribution < 1.29 is 18.6 Å². The highest BCUT2D eigenvalue weighted by molar-refractivity contribution is 5.66. The number of hydrogen-bond acceptors (Lipinski definition) is 7. The highest BCUT2D eigenvalue weighted by Crippen LogP contribution is 2.36. The van der Waals surface area contributed by atoms with Crippen molar-refractivity contribution in [2.75, 3.05) is 18.5 Å². The van der Waals surface area contributed by atoms with Gasteiger partial charge in [-0.2, -0.15) is 9.61 Å². The zero-order chi connectivity index (χ0) is 24.4. The second kappa shape index (κ2) is 9.93. The molecule has 4 N–H and O–H groups in total. The minimum Gasteiger partial charge on any atom is -0.491 e. The van der Waals surface area contributed by atoms with Gasteiger partial charge in [-0.1, -0.05) is 6.42 Å². The number of ether oxygens (including phenoxy) is 1. The second-order valence-electron chi connectivity index (χ2n) is 8.68. The number of hydrogen-bond donors (Lipinski definition) is 3. The molecule has 0 spiro atoms. The molecular formula is C25H26F2N6O2. The molecule has 182 valence electrons. The summed E-state index contributed by atoms with van der Waals surface area (Å²) in [5.74, 6) is -0.922. The third-order valence-corrected chi connectivity index (χ3v) is 6.27. The molecule has 0 aliphatic heterocycles. The van der Waals surface area contributed by atoms with Gasteiger partial charge in [0.15, 0.2) is 0 Å². The molecule has 8 nitrogen and oxygen atoms in total. The van der Waals surface area contributed by atoms with Gasteiger partial charge in [-0.05, 0) is 48.9 Å². The predicted molar refractivity (Wildman–Crippen MR) is 128 cm³/mol. The number of aliphatic hydroxyl groups is 1. The Morgan fingerprint density at radius 3 is 2.74 bits per heavy atom. The monoisotopic (exact) mass is 480 g/mol. The molecule has 1 aromatic carbocycles. The fourth-order valence-corrected chi connectivity index (χ4v) is 4.64. The van der Waals surface area contributed by atoms with Gasteiger partial charge in [-0.3, -0.25) is 4.98 Å². The van der Waals surface area contributed by atoms with E-state index < -0.39 is 11.6 Å². The molecule has 3 heterocycles. The van der Waals surface area contributed by atoms with E-state index in [4.69, 9.17) is 15.6 Å². The van der Waals surface area contributed by atoms with Crippen LogP contribution in [0.4, 0.5) is 20.4 Å². The van der Waals surface area contributed by atoms with Gasteiger partial charge in [0.05, 0.1) is 41.5 Å². The van der Waals surface area contributed by atoms with Gasteiger partial charge in [0.25, 0.3) is 0 Å². The average Bonchev–Trinajstić information content (AvgIpc) is 3.25.